The highest BCUT2D eigenvalue weighted by molar-refractivity contribution is 8.03. The van der Waals surface area contributed by atoms with Crippen LogP contribution in [0.25, 0.3) is 6.08 Å². The zero-order chi connectivity index (χ0) is 19.9. The highest BCUT2D eigenvalue weighted by Gasteiger charge is 2.09. The zero-order valence-corrected chi connectivity index (χ0v) is 15.6. The Morgan fingerprint density at radius 2 is 1.93 bits per heavy atom. The molecule has 0 atom stereocenters. The molecule has 3 aromatic rings. The molecule has 28 heavy (non-hydrogen) atoms. The van der Waals surface area contributed by atoms with Crippen molar-refractivity contribution in [1.82, 2.24) is 10.2 Å². The summed E-state index contributed by atoms with van der Waals surface area (Å²) in [6, 6.07) is 16.1. The summed E-state index contributed by atoms with van der Waals surface area (Å²) in [6.45, 7) is 1.98. The maximum atomic E-state index is 11.4. The smallest absolute Gasteiger partial charge is 0.281 e. The third kappa shape index (κ3) is 5.22. The fraction of sp³-hybridized carbons (Fsp3) is 0.100. The maximum absolute atomic E-state index is 11.4. The van der Waals surface area contributed by atoms with E-state index >= 15 is 0 Å². The summed E-state index contributed by atoms with van der Waals surface area (Å²) in [5.41, 5.74) is 2.19. The number of hydrogen-bond acceptors (Lipinski definition) is 8. The Bertz CT molecular complexity index is 1030. The van der Waals surface area contributed by atoms with Crippen LogP contribution in [0, 0.1) is 18.3 Å². The second-order valence-electron chi connectivity index (χ2n) is 5.65. The van der Waals surface area contributed by atoms with Crippen LogP contribution < -0.4 is 9.84 Å². The Labute approximate surface area is 165 Å². The lowest BCUT2D eigenvalue weighted by Crippen LogP contribution is -2.23. The van der Waals surface area contributed by atoms with E-state index in [1.165, 1.54) is 6.08 Å². The Balaban J connectivity index is 1.65. The summed E-state index contributed by atoms with van der Waals surface area (Å²) in [5, 5.41) is 27.7. The van der Waals surface area contributed by atoms with Crippen molar-refractivity contribution in [3.8, 4) is 11.8 Å². The van der Waals surface area contributed by atoms with Crippen LogP contribution in [0.15, 0.2) is 63.1 Å². The van der Waals surface area contributed by atoms with Crippen molar-refractivity contribution in [3.05, 3.63) is 76.0 Å². The lowest BCUT2D eigenvalue weighted by atomic mass is 10.1. The van der Waals surface area contributed by atoms with Gasteiger partial charge in [0.2, 0.25) is 5.89 Å². The molecule has 0 aliphatic carbocycles. The molecule has 3 rings (SSSR count). The molecule has 140 valence electrons. The van der Waals surface area contributed by atoms with Crippen molar-refractivity contribution in [2.75, 3.05) is 0 Å². The standard InChI is InChI=1S/C20H15N3O4S/c1-13-22-23-20(27-13)28-18(19(24)25)10-14-6-8-17(9-7-14)26-12-16-4-2-15(11-21)3-5-16/h2-10H,12H2,1H3,(H,24,25)/p-1/b18-10-. The van der Waals surface area contributed by atoms with E-state index in [9.17, 15) is 9.90 Å². The van der Waals surface area contributed by atoms with Crippen molar-refractivity contribution in [2.45, 2.75) is 18.8 Å². The average molecular weight is 392 g/mol. The van der Waals surface area contributed by atoms with E-state index in [0.717, 1.165) is 17.3 Å². The second-order valence-corrected chi connectivity index (χ2v) is 6.64. The Morgan fingerprint density at radius 3 is 2.50 bits per heavy atom. The molecule has 0 saturated heterocycles. The molecule has 0 aliphatic rings. The molecular weight excluding hydrogens is 378 g/mol. The minimum absolute atomic E-state index is 0.0464. The van der Waals surface area contributed by atoms with Gasteiger partial charge >= 0.3 is 0 Å². The summed E-state index contributed by atoms with van der Waals surface area (Å²) in [6.07, 6.45) is 1.46. The first-order chi connectivity index (χ1) is 13.5. The lowest BCUT2D eigenvalue weighted by molar-refractivity contribution is -0.298. The highest BCUT2D eigenvalue weighted by atomic mass is 32.2. The SMILES string of the molecule is Cc1nnc(S/C(=C\c2ccc(OCc3ccc(C#N)cc3)cc2)C(=O)[O-])o1. The Hall–Kier alpha value is -3.57. The van der Waals surface area contributed by atoms with Crippen LogP contribution in [0.4, 0.5) is 0 Å². The van der Waals surface area contributed by atoms with Crippen molar-refractivity contribution in [1.29, 1.82) is 5.26 Å². The first-order valence-electron chi connectivity index (χ1n) is 8.16. The molecule has 2 aromatic carbocycles. The summed E-state index contributed by atoms with van der Waals surface area (Å²) >= 11 is 0.832. The van der Waals surface area contributed by atoms with Crippen LogP contribution in [0.3, 0.4) is 0 Å². The number of aromatic nitrogens is 2. The predicted octanol–water partition coefficient (Wildman–Crippen LogP) is 2.71. The third-order valence-electron chi connectivity index (χ3n) is 3.57. The fourth-order valence-corrected chi connectivity index (χ4v) is 2.91. The van der Waals surface area contributed by atoms with Crippen LogP contribution >= 0.6 is 11.8 Å². The van der Waals surface area contributed by atoms with Gasteiger partial charge in [-0.3, -0.25) is 0 Å². The van der Waals surface area contributed by atoms with Crippen molar-refractivity contribution in [3.63, 3.8) is 0 Å². The van der Waals surface area contributed by atoms with E-state index in [2.05, 4.69) is 16.3 Å². The first-order valence-corrected chi connectivity index (χ1v) is 8.98. The summed E-state index contributed by atoms with van der Waals surface area (Å²) in [4.78, 5) is 11.3. The molecule has 8 heteroatoms. The zero-order valence-electron chi connectivity index (χ0n) is 14.8. The maximum Gasteiger partial charge on any atom is 0.281 e. The first kappa shape index (κ1) is 19.2. The van der Waals surface area contributed by atoms with Crippen LogP contribution in [-0.4, -0.2) is 16.2 Å². The van der Waals surface area contributed by atoms with Crippen molar-refractivity contribution >= 4 is 23.8 Å². The minimum Gasteiger partial charge on any atom is -0.544 e. The van der Waals surface area contributed by atoms with Gasteiger partial charge in [-0.15, -0.1) is 10.2 Å². The molecule has 0 fully saturated rings. The monoisotopic (exact) mass is 392 g/mol. The fourth-order valence-electron chi connectivity index (χ4n) is 2.20. The quantitative estimate of drug-likeness (QED) is 0.446. The number of carboxylic acid groups (broad SMARTS) is 1. The van der Waals surface area contributed by atoms with Gasteiger partial charge in [0.15, 0.2) is 0 Å². The van der Waals surface area contributed by atoms with Crippen molar-refractivity contribution in [2.24, 2.45) is 0 Å². The van der Waals surface area contributed by atoms with Crippen molar-refractivity contribution < 1.29 is 19.1 Å². The Kier molecular flexibility index (Phi) is 6.09. The van der Waals surface area contributed by atoms with Gasteiger partial charge in [-0.25, -0.2) is 0 Å². The number of hydrogen-bond donors (Lipinski definition) is 0. The van der Waals surface area contributed by atoms with E-state index in [-0.39, 0.29) is 10.1 Å². The van der Waals surface area contributed by atoms with E-state index in [1.807, 2.05) is 12.1 Å². The van der Waals surface area contributed by atoms with Gasteiger partial charge in [0.05, 0.1) is 17.6 Å². The summed E-state index contributed by atoms with van der Waals surface area (Å²) < 4.78 is 10.9. The van der Waals surface area contributed by atoms with Gasteiger partial charge in [-0.1, -0.05) is 24.3 Å². The van der Waals surface area contributed by atoms with E-state index in [1.54, 1.807) is 43.3 Å². The number of carbonyl (C=O) groups is 1. The highest BCUT2D eigenvalue weighted by Crippen LogP contribution is 2.27. The number of thioether (sulfide) groups is 1. The number of benzene rings is 2. The molecule has 0 saturated carbocycles. The number of nitrogens with zero attached hydrogens (tertiary/aromatic N) is 3. The van der Waals surface area contributed by atoms with Gasteiger partial charge in [0.25, 0.3) is 5.22 Å². The molecule has 0 spiro atoms. The van der Waals surface area contributed by atoms with Gasteiger partial charge in [-0.2, -0.15) is 5.26 Å². The van der Waals surface area contributed by atoms with Crippen LogP contribution in [-0.2, 0) is 11.4 Å². The van der Waals surface area contributed by atoms with Gasteiger partial charge < -0.3 is 19.1 Å². The van der Waals surface area contributed by atoms with Gasteiger partial charge in [-0.05, 0) is 53.2 Å². The second kappa shape index (κ2) is 8.88. The topological polar surface area (TPSA) is 112 Å². The molecule has 0 unspecified atom stereocenters. The summed E-state index contributed by atoms with van der Waals surface area (Å²) in [5.74, 6) is -0.345. The number of aliphatic carboxylic acids is 1. The molecule has 7 nitrogen and oxygen atoms in total. The minimum atomic E-state index is -1.33. The number of aryl methyl sites for hydroxylation is 1. The number of nitriles is 1. The average Bonchev–Trinajstić information content (AvgIpc) is 3.12. The molecule has 0 bridgehead atoms. The Morgan fingerprint density at radius 1 is 1.21 bits per heavy atom. The molecule has 0 radical (unpaired) electrons. The lowest BCUT2D eigenvalue weighted by Gasteiger charge is -2.08. The van der Waals surface area contributed by atoms with Gasteiger partial charge in [0.1, 0.15) is 12.4 Å². The van der Waals surface area contributed by atoms with Gasteiger partial charge in [0, 0.05) is 11.8 Å². The van der Waals surface area contributed by atoms with E-state index in [4.69, 9.17) is 14.4 Å². The molecule has 0 amide bonds. The largest absolute Gasteiger partial charge is 0.544 e. The molecule has 1 aromatic heterocycles. The number of carbonyl (C=O) groups excluding carboxylic acids is 1. The van der Waals surface area contributed by atoms with Crippen LogP contribution in [0.2, 0.25) is 0 Å². The molecular formula is C20H14N3O4S-. The number of ether oxygens (including phenoxy) is 1. The number of rotatable bonds is 7. The van der Waals surface area contributed by atoms with Crippen LogP contribution in [0.5, 0.6) is 5.75 Å². The third-order valence-corrected chi connectivity index (χ3v) is 4.42. The van der Waals surface area contributed by atoms with E-state index < -0.39 is 5.97 Å². The molecule has 0 N–H and O–H groups in total. The molecule has 1 heterocycles. The molecule has 0 aliphatic heterocycles. The predicted molar refractivity (Wildman–Crippen MR) is 99.8 cm³/mol. The normalized spacial score (nSPS) is 11.1. The van der Waals surface area contributed by atoms with E-state index in [0.29, 0.717) is 29.4 Å². The number of carboxylic acids is 1. The summed E-state index contributed by atoms with van der Waals surface area (Å²) in [7, 11) is 0. The van der Waals surface area contributed by atoms with Crippen LogP contribution in [0.1, 0.15) is 22.6 Å².